The molecular formula is C24H26N2O3. The van der Waals surface area contributed by atoms with Crippen molar-refractivity contribution >= 4 is 17.3 Å². The Morgan fingerprint density at radius 3 is 2.31 bits per heavy atom. The lowest BCUT2D eigenvalue weighted by Gasteiger charge is -2.18. The van der Waals surface area contributed by atoms with Gasteiger partial charge in [0, 0.05) is 16.9 Å². The Morgan fingerprint density at radius 2 is 1.66 bits per heavy atom. The van der Waals surface area contributed by atoms with Crippen LogP contribution in [0.1, 0.15) is 12.5 Å². The van der Waals surface area contributed by atoms with Gasteiger partial charge in [0.05, 0.1) is 14.2 Å². The van der Waals surface area contributed by atoms with E-state index in [0.717, 1.165) is 39.6 Å². The highest BCUT2D eigenvalue weighted by Gasteiger charge is 2.15. The van der Waals surface area contributed by atoms with Crippen LogP contribution in [0, 0.1) is 6.92 Å². The van der Waals surface area contributed by atoms with E-state index in [0.29, 0.717) is 0 Å². The second-order valence-corrected chi connectivity index (χ2v) is 6.81. The Morgan fingerprint density at radius 1 is 0.931 bits per heavy atom. The summed E-state index contributed by atoms with van der Waals surface area (Å²) in [6.07, 6.45) is 0. The Labute approximate surface area is 171 Å². The summed E-state index contributed by atoms with van der Waals surface area (Å²) in [7, 11) is 3.29. The first-order chi connectivity index (χ1) is 14.0. The van der Waals surface area contributed by atoms with Crippen LogP contribution in [0.4, 0.5) is 11.4 Å². The molecule has 0 saturated carbocycles. The van der Waals surface area contributed by atoms with Crippen LogP contribution in [0.25, 0.3) is 11.1 Å². The first-order valence-corrected chi connectivity index (χ1v) is 9.47. The quantitative estimate of drug-likeness (QED) is 0.588. The molecule has 1 atom stereocenters. The largest absolute Gasteiger partial charge is 0.497 e. The second-order valence-electron chi connectivity index (χ2n) is 6.81. The number of hydrogen-bond acceptors (Lipinski definition) is 4. The van der Waals surface area contributed by atoms with Crippen molar-refractivity contribution in [3.63, 3.8) is 0 Å². The van der Waals surface area contributed by atoms with Gasteiger partial charge in [0.1, 0.15) is 17.5 Å². The van der Waals surface area contributed by atoms with E-state index in [1.54, 1.807) is 14.2 Å². The number of nitrogens with one attached hydrogen (secondary N) is 2. The molecule has 1 amide bonds. The van der Waals surface area contributed by atoms with Crippen LogP contribution in [0.5, 0.6) is 11.5 Å². The van der Waals surface area contributed by atoms with Crippen molar-refractivity contribution in [2.45, 2.75) is 19.9 Å². The number of carbonyl (C=O) groups excluding carboxylic acids is 1. The Bertz CT molecular complexity index is 984. The molecule has 3 rings (SSSR count). The van der Waals surface area contributed by atoms with Gasteiger partial charge in [-0.05, 0) is 61.4 Å². The highest BCUT2D eigenvalue weighted by Crippen LogP contribution is 2.33. The molecule has 150 valence electrons. The van der Waals surface area contributed by atoms with Gasteiger partial charge < -0.3 is 20.1 Å². The van der Waals surface area contributed by atoms with Gasteiger partial charge in [-0.3, -0.25) is 4.79 Å². The van der Waals surface area contributed by atoms with E-state index in [-0.39, 0.29) is 5.91 Å². The van der Waals surface area contributed by atoms with Crippen molar-refractivity contribution in [1.82, 2.24) is 0 Å². The highest BCUT2D eigenvalue weighted by molar-refractivity contribution is 5.97. The summed E-state index contributed by atoms with van der Waals surface area (Å²) >= 11 is 0. The van der Waals surface area contributed by atoms with Crippen molar-refractivity contribution in [2.24, 2.45) is 0 Å². The smallest absolute Gasteiger partial charge is 0.246 e. The summed E-state index contributed by atoms with van der Waals surface area (Å²) in [5.41, 5.74) is 4.62. The van der Waals surface area contributed by atoms with Crippen LogP contribution in [0.3, 0.4) is 0 Å². The van der Waals surface area contributed by atoms with Gasteiger partial charge in [-0.1, -0.05) is 30.3 Å². The maximum absolute atomic E-state index is 12.6. The van der Waals surface area contributed by atoms with E-state index >= 15 is 0 Å². The molecule has 0 bridgehead atoms. The lowest BCUT2D eigenvalue weighted by atomic mass is 10.0. The zero-order valence-corrected chi connectivity index (χ0v) is 17.2. The predicted octanol–water partition coefficient (Wildman–Crippen LogP) is 5.12. The van der Waals surface area contributed by atoms with Crippen LogP contribution in [0.15, 0.2) is 66.7 Å². The minimum atomic E-state index is -0.410. The molecule has 0 aliphatic heterocycles. The normalized spacial score (nSPS) is 11.4. The standard InChI is InChI=1S/C24H26N2O3/c1-16-7-5-6-8-22(16)26-24(27)17(2)25-19-11-14-23(29-4)21(15-19)18-9-12-20(28-3)13-10-18/h5-15,17,25H,1-4H3,(H,26,27)/t17-/m0/s1. The van der Waals surface area contributed by atoms with E-state index < -0.39 is 6.04 Å². The van der Waals surface area contributed by atoms with Gasteiger partial charge >= 0.3 is 0 Å². The fourth-order valence-corrected chi connectivity index (χ4v) is 3.06. The predicted molar refractivity (Wildman–Crippen MR) is 118 cm³/mol. The third kappa shape index (κ3) is 4.88. The number of amides is 1. The van der Waals surface area contributed by atoms with Crippen molar-refractivity contribution in [1.29, 1.82) is 0 Å². The van der Waals surface area contributed by atoms with E-state index in [2.05, 4.69) is 10.6 Å². The van der Waals surface area contributed by atoms with E-state index in [9.17, 15) is 4.79 Å². The number of rotatable bonds is 7. The topological polar surface area (TPSA) is 59.6 Å². The maximum Gasteiger partial charge on any atom is 0.246 e. The molecular weight excluding hydrogens is 364 g/mol. The molecule has 0 unspecified atom stereocenters. The monoisotopic (exact) mass is 390 g/mol. The lowest BCUT2D eigenvalue weighted by molar-refractivity contribution is -0.116. The molecule has 0 radical (unpaired) electrons. The summed E-state index contributed by atoms with van der Waals surface area (Å²) in [6, 6.07) is 20.9. The first kappa shape index (κ1) is 20.3. The van der Waals surface area contributed by atoms with Crippen molar-refractivity contribution in [3.05, 3.63) is 72.3 Å². The molecule has 29 heavy (non-hydrogen) atoms. The third-order valence-electron chi connectivity index (χ3n) is 4.78. The second kappa shape index (κ2) is 9.15. The third-order valence-corrected chi connectivity index (χ3v) is 4.78. The average molecular weight is 390 g/mol. The zero-order valence-electron chi connectivity index (χ0n) is 17.2. The van der Waals surface area contributed by atoms with Crippen LogP contribution in [-0.2, 0) is 4.79 Å². The minimum absolute atomic E-state index is 0.0962. The molecule has 0 aliphatic rings. The summed E-state index contributed by atoms with van der Waals surface area (Å²) in [5, 5.41) is 6.24. The lowest BCUT2D eigenvalue weighted by Crippen LogP contribution is -2.32. The van der Waals surface area contributed by atoms with Gasteiger partial charge in [-0.15, -0.1) is 0 Å². The van der Waals surface area contributed by atoms with Crippen molar-refractivity contribution in [2.75, 3.05) is 24.9 Å². The van der Waals surface area contributed by atoms with Gasteiger partial charge in [0.2, 0.25) is 5.91 Å². The zero-order chi connectivity index (χ0) is 20.8. The average Bonchev–Trinajstić information content (AvgIpc) is 2.75. The van der Waals surface area contributed by atoms with E-state index in [1.807, 2.05) is 80.6 Å². The number of ether oxygens (including phenoxy) is 2. The highest BCUT2D eigenvalue weighted by atomic mass is 16.5. The van der Waals surface area contributed by atoms with Crippen LogP contribution < -0.4 is 20.1 Å². The van der Waals surface area contributed by atoms with E-state index in [4.69, 9.17) is 9.47 Å². The van der Waals surface area contributed by atoms with Gasteiger partial charge in [-0.2, -0.15) is 0 Å². The molecule has 3 aromatic carbocycles. The summed E-state index contributed by atoms with van der Waals surface area (Å²) in [6.45, 7) is 3.81. The van der Waals surface area contributed by atoms with Crippen LogP contribution >= 0.6 is 0 Å². The number of para-hydroxylation sites is 1. The molecule has 0 aromatic heterocycles. The fraction of sp³-hybridized carbons (Fsp3) is 0.208. The number of carbonyl (C=O) groups is 1. The van der Waals surface area contributed by atoms with Crippen molar-refractivity contribution in [3.8, 4) is 22.6 Å². The maximum atomic E-state index is 12.6. The van der Waals surface area contributed by atoms with Gasteiger partial charge in [0.25, 0.3) is 0 Å². The molecule has 0 aliphatic carbocycles. The van der Waals surface area contributed by atoms with Crippen LogP contribution in [-0.4, -0.2) is 26.2 Å². The molecule has 5 heteroatoms. The summed E-state index contributed by atoms with van der Waals surface area (Å²) in [5.74, 6) is 1.46. The van der Waals surface area contributed by atoms with Gasteiger partial charge in [0.15, 0.2) is 0 Å². The van der Waals surface area contributed by atoms with Crippen molar-refractivity contribution < 1.29 is 14.3 Å². The molecule has 2 N–H and O–H groups in total. The number of benzene rings is 3. The molecule has 5 nitrogen and oxygen atoms in total. The van der Waals surface area contributed by atoms with Crippen LogP contribution in [0.2, 0.25) is 0 Å². The Balaban J connectivity index is 1.78. The molecule has 0 saturated heterocycles. The fourth-order valence-electron chi connectivity index (χ4n) is 3.06. The number of aryl methyl sites for hydroxylation is 1. The van der Waals surface area contributed by atoms with E-state index in [1.165, 1.54) is 0 Å². The summed E-state index contributed by atoms with van der Waals surface area (Å²) in [4.78, 5) is 12.6. The molecule has 0 heterocycles. The minimum Gasteiger partial charge on any atom is -0.497 e. The first-order valence-electron chi connectivity index (χ1n) is 9.47. The Kier molecular flexibility index (Phi) is 6.39. The number of hydrogen-bond donors (Lipinski definition) is 2. The Hall–Kier alpha value is -3.47. The molecule has 0 fully saturated rings. The molecule has 3 aromatic rings. The molecule has 0 spiro atoms. The summed E-state index contributed by atoms with van der Waals surface area (Å²) < 4.78 is 10.8. The SMILES string of the molecule is COc1ccc(-c2cc(N[C@@H](C)C(=O)Nc3ccccc3C)ccc2OC)cc1. The number of anilines is 2. The number of methoxy groups -OCH3 is 2. The van der Waals surface area contributed by atoms with Gasteiger partial charge in [-0.25, -0.2) is 0 Å².